The van der Waals surface area contributed by atoms with Gasteiger partial charge in [0.2, 0.25) is 0 Å². The Morgan fingerprint density at radius 1 is 0.938 bits per heavy atom. The van der Waals surface area contributed by atoms with Gasteiger partial charge in [0.05, 0.1) is 0 Å². The van der Waals surface area contributed by atoms with E-state index in [0.29, 0.717) is 6.04 Å². The lowest BCUT2D eigenvalue weighted by Gasteiger charge is -2.26. The van der Waals surface area contributed by atoms with Gasteiger partial charge in [0, 0.05) is 12.1 Å². The normalized spacial score (nSPS) is 25.6. The average molecular weight is 215 g/mol. The average Bonchev–Trinajstić information content (AvgIpc) is 2.74. The maximum atomic E-state index is 3.87. The van der Waals surface area contributed by atoms with Crippen molar-refractivity contribution in [1.82, 2.24) is 5.32 Å². The summed E-state index contributed by atoms with van der Waals surface area (Å²) < 4.78 is 0. The van der Waals surface area contributed by atoms with Crippen LogP contribution in [0, 0.1) is 0 Å². The van der Waals surface area contributed by atoms with Crippen LogP contribution in [0.1, 0.15) is 55.7 Å². The summed E-state index contributed by atoms with van der Waals surface area (Å²) in [5, 5.41) is 3.87. The van der Waals surface area contributed by atoms with Crippen LogP contribution >= 0.6 is 0 Å². The van der Waals surface area contributed by atoms with Crippen molar-refractivity contribution in [2.75, 3.05) is 0 Å². The molecule has 3 rings (SSSR count). The first kappa shape index (κ1) is 10.3. The largest absolute Gasteiger partial charge is 0.307 e. The lowest BCUT2D eigenvalue weighted by Crippen LogP contribution is -2.33. The van der Waals surface area contributed by atoms with Crippen LogP contribution in [0.15, 0.2) is 24.3 Å². The molecule has 0 heterocycles. The van der Waals surface area contributed by atoms with E-state index in [1.807, 2.05) is 0 Å². The number of nitrogens with one attached hydrogen (secondary N) is 1. The van der Waals surface area contributed by atoms with Crippen LogP contribution in [0.5, 0.6) is 0 Å². The van der Waals surface area contributed by atoms with Crippen LogP contribution in [-0.2, 0) is 6.42 Å². The van der Waals surface area contributed by atoms with Crippen LogP contribution in [0.4, 0.5) is 0 Å². The molecule has 0 aromatic heterocycles. The predicted molar refractivity (Wildman–Crippen MR) is 67.5 cm³/mol. The first-order valence-electron chi connectivity index (χ1n) is 6.77. The molecule has 1 unspecified atom stereocenters. The van der Waals surface area contributed by atoms with Gasteiger partial charge < -0.3 is 5.32 Å². The second-order valence-corrected chi connectivity index (χ2v) is 5.29. The summed E-state index contributed by atoms with van der Waals surface area (Å²) in [7, 11) is 0. The van der Waals surface area contributed by atoms with E-state index in [4.69, 9.17) is 0 Å². The van der Waals surface area contributed by atoms with Gasteiger partial charge in [-0.15, -0.1) is 0 Å². The van der Waals surface area contributed by atoms with Crippen molar-refractivity contribution in [2.24, 2.45) is 0 Å². The number of rotatable bonds is 2. The van der Waals surface area contributed by atoms with Gasteiger partial charge in [0.15, 0.2) is 0 Å². The smallest absolute Gasteiger partial charge is 0.0328 e. The lowest BCUT2D eigenvalue weighted by atomic mass is 9.94. The van der Waals surface area contributed by atoms with E-state index < -0.39 is 0 Å². The molecule has 0 radical (unpaired) electrons. The van der Waals surface area contributed by atoms with Gasteiger partial charge in [-0.3, -0.25) is 0 Å². The topological polar surface area (TPSA) is 12.0 Å². The van der Waals surface area contributed by atoms with E-state index in [1.54, 1.807) is 11.1 Å². The van der Waals surface area contributed by atoms with Crippen LogP contribution in [0.3, 0.4) is 0 Å². The third-order valence-electron chi connectivity index (χ3n) is 4.17. The Morgan fingerprint density at radius 2 is 1.75 bits per heavy atom. The van der Waals surface area contributed by atoms with Crippen molar-refractivity contribution in [3.05, 3.63) is 35.4 Å². The monoisotopic (exact) mass is 215 g/mol. The summed E-state index contributed by atoms with van der Waals surface area (Å²) in [6.07, 6.45) is 9.63. The van der Waals surface area contributed by atoms with Gasteiger partial charge in [-0.25, -0.2) is 0 Å². The van der Waals surface area contributed by atoms with E-state index >= 15 is 0 Å². The number of aryl methyl sites for hydroxylation is 1. The zero-order chi connectivity index (χ0) is 10.8. The SMILES string of the molecule is c1ccc2c(c1)CCC2NC1CCCCC1. The fraction of sp³-hybridized carbons (Fsp3) is 0.600. The molecule has 1 nitrogen and oxygen atoms in total. The van der Waals surface area contributed by atoms with E-state index in [-0.39, 0.29) is 0 Å². The standard InChI is InChI=1S/C15H21N/c1-2-7-13(8-3-1)16-15-11-10-12-6-4-5-9-14(12)15/h4-6,9,13,15-16H,1-3,7-8,10-11H2. The maximum absolute atomic E-state index is 3.87. The summed E-state index contributed by atoms with van der Waals surface area (Å²) in [5.41, 5.74) is 3.13. The predicted octanol–water partition coefficient (Wildman–Crippen LogP) is 3.60. The van der Waals surface area contributed by atoms with Gasteiger partial charge in [0.1, 0.15) is 0 Å². The van der Waals surface area contributed by atoms with Crippen molar-refractivity contribution >= 4 is 0 Å². The van der Waals surface area contributed by atoms with Crippen molar-refractivity contribution in [1.29, 1.82) is 0 Å². The third kappa shape index (κ3) is 2.01. The molecule has 1 heteroatoms. The Bertz CT molecular complexity index is 352. The second kappa shape index (κ2) is 4.58. The van der Waals surface area contributed by atoms with Crippen LogP contribution in [-0.4, -0.2) is 6.04 Å². The highest BCUT2D eigenvalue weighted by atomic mass is 15.0. The summed E-state index contributed by atoms with van der Waals surface area (Å²) in [4.78, 5) is 0. The molecule has 16 heavy (non-hydrogen) atoms. The minimum atomic E-state index is 0.638. The fourth-order valence-electron chi connectivity index (χ4n) is 3.28. The molecule has 2 aliphatic rings. The van der Waals surface area contributed by atoms with Crippen molar-refractivity contribution in [3.8, 4) is 0 Å². The molecule has 1 saturated carbocycles. The number of benzene rings is 1. The van der Waals surface area contributed by atoms with Crippen LogP contribution < -0.4 is 5.32 Å². The summed E-state index contributed by atoms with van der Waals surface area (Å²) in [6.45, 7) is 0. The van der Waals surface area contributed by atoms with Crippen LogP contribution in [0.2, 0.25) is 0 Å². The van der Waals surface area contributed by atoms with Crippen LogP contribution in [0.25, 0.3) is 0 Å². The van der Waals surface area contributed by atoms with E-state index in [9.17, 15) is 0 Å². The second-order valence-electron chi connectivity index (χ2n) is 5.29. The van der Waals surface area contributed by atoms with Crippen molar-refractivity contribution in [3.63, 3.8) is 0 Å². The molecule has 1 atom stereocenters. The molecule has 0 saturated heterocycles. The highest BCUT2D eigenvalue weighted by molar-refractivity contribution is 5.34. The minimum absolute atomic E-state index is 0.638. The Balaban J connectivity index is 1.68. The lowest BCUT2D eigenvalue weighted by molar-refractivity contribution is 0.337. The summed E-state index contributed by atoms with van der Waals surface area (Å²) >= 11 is 0. The molecule has 1 aromatic rings. The Kier molecular flexibility index (Phi) is 2.96. The molecule has 1 N–H and O–H groups in total. The summed E-state index contributed by atoms with van der Waals surface area (Å²) in [6, 6.07) is 10.4. The number of fused-ring (bicyclic) bond motifs is 1. The number of hydrogen-bond acceptors (Lipinski definition) is 1. The van der Waals surface area contributed by atoms with E-state index in [0.717, 1.165) is 6.04 Å². The Hall–Kier alpha value is -0.820. The molecule has 0 amide bonds. The fourth-order valence-corrected chi connectivity index (χ4v) is 3.28. The van der Waals surface area contributed by atoms with Gasteiger partial charge in [-0.05, 0) is 36.8 Å². The molecule has 86 valence electrons. The first-order valence-corrected chi connectivity index (χ1v) is 6.77. The molecule has 2 aliphatic carbocycles. The highest BCUT2D eigenvalue weighted by Gasteiger charge is 2.24. The Labute approximate surface area is 98.3 Å². The zero-order valence-corrected chi connectivity index (χ0v) is 9.91. The Morgan fingerprint density at radius 3 is 2.62 bits per heavy atom. The molecule has 0 bridgehead atoms. The quantitative estimate of drug-likeness (QED) is 0.795. The van der Waals surface area contributed by atoms with Crippen molar-refractivity contribution < 1.29 is 0 Å². The molecular formula is C15H21N. The van der Waals surface area contributed by atoms with Gasteiger partial charge in [-0.1, -0.05) is 43.5 Å². The number of hydrogen-bond donors (Lipinski definition) is 1. The molecule has 0 aliphatic heterocycles. The first-order chi connectivity index (χ1) is 7.93. The van der Waals surface area contributed by atoms with Crippen molar-refractivity contribution in [2.45, 2.75) is 57.0 Å². The van der Waals surface area contributed by atoms with E-state index in [2.05, 4.69) is 29.6 Å². The highest BCUT2D eigenvalue weighted by Crippen LogP contribution is 2.32. The molecule has 0 spiro atoms. The van der Waals surface area contributed by atoms with Gasteiger partial charge in [0.25, 0.3) is 0 Å². The van der Waals surface area contributed by atoms with Gasteiger partial charge in [-0.2, -0.15) is 0 Å². The molecular weight excluding hydrogens is 194 g/mol. The minimum Gasteiger partial charge on any atom is -0.307 e. The van der Waals surface area contributed by atoms with Gasteiger partial charge >= 0.3 is 0 Å². The summed E-state index contributed by atoms with van der Waals surface area (Å²) in [5.74, 6) is 0. The maximum Gasteiger partial charge on any atom is 0.0328 e. The van der Waals surface area contributed by atoms with E-state index in [1.165, 1.54) is 44.9 Å². The third-order valence-corrected chi connectivity index (χ3v) is 4.17. The zero-order valence-electron chi connectivity index (χ0n) is 9.91. The molecule has 1 fully saturated rings. The molecule has 1 aromatic carbocycles.